The molecule has 1 atom stereocenters. The summed E-state index contributed by atoms with van der Waals surface area (Å²) in [6, 6.07) is 6.26. The second-order valence-corrected chi connectivity index (χ2v) is 3.56. The predicted octanol–water partition coefficient (Wildman–Crippen LogP) is 1.23. The summed E-state index contributed by atoms with van der Waals surface area (Å²) >= 11 is 0. The molecule has 0 aliphatic heterocycles. The van der Waals surface area contributed by atoms with Crippen LogP contribution in [0.25, 0.3) is 0 Å². The van der Waals surface area contributed by atoms with Gasteiger partial charge in [0.15, 0.2) is 0 Å². The summed E-state index contributed by atoms with van der Waals surface area (Å²) < 4.78 is 37.9. The lowest BCUT2D eigenvalue weighted by molar-refractivity contribution is -0.161. The Balaban J connectivity index is 2.75. The van der Waals surface area contributed by atoms with Gasteiger partial charge in [0.2, 0.25) is 5.91 Å². The summed E-state index contributed by atoms with van der Waals surface area (Å²) in [4.78, 5) is 10.9. The highest BCUT2D eigenvalue weighted by molar-refractivity contribution is 5.78. The molecule has 0 radical (unpaired) electrons. The number of nitrogens with one attached hydrogen (secondary N) is 1. The van der Waals surface area contributed by atoms with Gasteiger partial charge in [-0.3, -0.25) is 4.79 Å². The minimum atomic E-state index is -4.49. The van der Waals surface area contributed by atoms with Gasteiger partial charge in [-0.15, -0.1) is 0 Å². The zero-order valence-electron chi connectivity index (χ0n) is 9.00. The van der Waals surface area contributed by atoms with Crippen LogP contribution < -0.4 is 11.1 Å². The summed E-state index contributed by atoms with van der Waals surface area (Å²) in [6.07, 6.45) is -4.78. The first-order valence-corrected chi connectivity index (χ1v) is 5.03. The summed E-state index contributed by atoms with van der Waals surface area (Å²) in [5.74, 6) is -0.816. The van der Waals surface area contributed by atoms with Gasteiger partial charge in [-0.2, -0.15) is 13.2 Å². The molecular formula is C11H13F3N2O. The Bertz CT molecular complexity index is 365. The molecule has 0 saturated carbocycles. The number of hydrogen-bond donors (Lipinski definition) is 2. The summed E-state index contributed by atoms with van der Waals surface area (Å²) in [6.45, 7) is -0.457. The van der Waals surface area contributed by atoms with E-state index in [0.717, 1.165) is 0 Å². The van der Waals surface area contributed by atoms with E-state index >= 15 is 0 Å². The van der Waals surface area contributed by atoms with Crippen molar-refractivity contribution in [2.75, 3.05) is 6.54 Å². The Morgan fingerprint density at radius 2 is 1.88 bits per heavy atom. The molecule has 0 aliphatic carbocycles. The highest BCUT2D eigenvalue weighted by Crippen LogP contribution is 2.23. The summed E-state index contributed by atoms with van der Waals surface area (Å²) in [7, 11) is 0. The minimum absolute atomic E-state index is 0.296. The smallest absolute Gasteiger partial charge is 0.343 e. The van der Waals surface area contributed by atoms with E-state index in [-0.39, 0.29) is 6.42 Å². The molecule has 3 N–H and O–H groups in total. The normalized spacial score (nSPS) is 13.2. The van der Waals surface area contributed by atoms with Crippen LogP contribution in [0.2, 0.25) is 0 Å². The molecule has 0 aromatic heterocycles. The van der Waals surface area contributed by atoms with Crippen molar-refractivity contribution >= 4 is 5.91 Å². The molecule has 1 amide bonds. The molecule has 0 heterocycles. The van der Waals surface area contributed by atoms with Crippen LogP contribution >= 0.6 is 0 Å². The maximum atomic E-state index is 12.6. The van der Waals surface area contributed by atoms with Gasteiger partial charge in [0.05, 0.1) is 6.54 Å². The fourth-order valence-corrected chi connectivity index (χ4v) is 1.35. The molecule has 6 heteroatoms. The van der Waals surface area contributed by atoms with Crippen molar-refractivity contribution < 1.29 is 18.0 Å². The van der Waals surface area contributed by atoms with Gasteiger partial charge in [-0.25, -0.2) is 0 Å². The molecule has 94 valence electrons. The number of amides is 1. The number of rotatable bonds is 4. The van der Waals surface area contributed by atoms with E-state index in [9.17, 15) is 18.0 Å². The van der Waals surface area contributed by atoms with Crippen molar-refractivity contribution in [1.82, 2.24) is 5.32 Å². The van der Waals surface area contributed by atoms with Gasteiger partial charge in [0.25, 0.3) is 0 Å². The van der Waals surface area contributed by atoms with Gasteiger partial charge >= 0.3 is 6.18 Å². The second-order valence-electron chi connectivity index (χ2n) is 3.56. The average molecular weight is 246 g/mol. The molecule has 1 aromatic carbocycles. The maximum absolute atomic E-state index is 12.6. The van der Waals surface area contributed by atoms with E-state index in [4.69, 9.17) is 5.73 Å². The summed E-state index contributed by atoms with van der Waals surface area (Å²) in [5.41, 5.74) is 5.48. The van der Waals surface area contributed by atoms with Crippen LogP contribution in [0.15, 0.2) is 30.3 Å². The Hall–Kier alpha value is -1.56. The van der Waals surface area contributed by atoms with Crippen LogP contribution in [0.4, 0.5) is 13.2 Å². The van der Waals surface area contributed by atoms with Crippen molar-refractivity contribution in [1.29, 1.82) is 0 Å². The Morgan fingerprint density at radius 1 is 1.29 bits per heavy atom. The highest BCUT2D eigenvalue weighted by Gasteiger charge is 2.40. The summed E-state index contributed by atoms with van der Waals surface area (Å²) in [5, 5.41) is 1.87. The van der Waals surface area contributed by atoms with Crippen molar-refractivity contribution in [2.45, 2.75) is 18.6 Å². The van der Waals surface area contributed by atoms with Crippen LogP contribution in [0.3, 0.4) is 0 Å². The van der Waals surface area contributed by atoms with Gasteiger partial charge in [-0.1, -0.05) is 30.3 Å². The fraction of sp³-hybridized carbons (Fsp3) is 0.364. The van der Waals surface area contributed by atoms with E-state index in [2.05, 4.69) is 0 Å². The third kappa shape index (κ3) is 4.44. The molecule has 3 nitrogen and oxygen atoms in total. The monoisotopic (exact) mass is 246 g/mol. The van der Waals surface area contributed by atoms with Crippen LogP contribution in [0.1, 0.15) is 5.56 Å². The lowest BCUT2D eigenvalue weighted by Crippen LogP contribution is -2.48. The Labute approximate surface area is 96.8 Å². The number of benzene rings is 1. The molecule has 0 saturated heterocycles. The maximum Gasteiger partial charge on any atom is 0.408 e. The third-order valence-electron chi connectivity index (χ3n) is 2.20. The zero-order chi connectivity index (χ0) is 12.9. The zero-order valence-corrected chi connectivity index (χ0v) is 9.00. The van der Waals surface area contributed by atoms with Gasteiger partial charge in [0.1, 0.15) is 6.04 Å². The van der Waals surface area contributed by atoms with Crippen molar-refractivity contribution in [2.24, 2.45) is 5.73 Å². The number of halogens is 3. The van der Waals surface area contributed by atoms with Crippen LogP contribution in [0.5, 0.6) is 0 Å². The molecule has 1 aromatic rings. The van der Waals surface area contributed by atoms with Crippen LogP contribution in [0, 0.1) is 0 Å². The van der Waals surface area contributed by atoms with Crippen LogP contribution in [-0.2, 0) is 11.2 Å². The first kappa shape index (κ1) is 13.5. The van der Waals surface area contributed by atoms with Crippen molar-refractivity contribution in [3.05, 3.63) is 35.9 Å². The van der Waals surface area contributed by atoms with Crippen molar-refractivity contribution in [3.63, 3.8) is 0 Å². The molecule has 0 bridgehead atoms. The SMILES string of the molecule is NCC(=O)NC(Cc1ccccc1)C(F)(F)F. The number of alkyl halides is 3. The average Bonchev–Trinajstić information content (AvgIpc) is 2.28. The number of carbonyl (C=O) groups is 1. The lowest BCUT2D eigenvalue weighted by atomic mass is 10.1. The Morgan fingerprint density at radius 3 is 2.35 bits per heavy atom. The topological polar surface area (TPSA) is 55.1 Å². The third-order valence-corrected chi connectivity index (χ3v) is 2.20. The Kier molecular flexibility index (Phi) is 4.51. The number of hydrogen-bond acceptors (Lipinski definition) is 2. The van der Waals surface area contributed by atoms with E-state index in [1.54, 1.807) is 30.3 Å². The quantitative estimate of drug-likeness (QED) is 0.839. The standard InChI is InChI=1S/C11H13F3N2O/c12-11(13,14)9(16-10(17)7-15)6-8-4-2-1-3-5-8/h1-5,9H,6-7,15H2,(H,16,17). The molecule has 0 spiro atoms. The highest BCUT2D eigenvalue weighted by atomic mass is 19.4. The van der Waals surface area contributed by atoms with Gasteiger partial charge in [0, 0.05) is 6.42 Å². The van der Waals surface area contributed by atoms with Crippen LogP contribution in [-0.4, -0.2) is 24.7 Å². The fourth-order valence-electron chi connectivity index (χ4n) is 1.35. The largest absolute Gasteiger partial charge is 0.408 e. The molecular weight excluding hydrogens is 233 g/mol. The van der Waals surface area contributed by atoms with E-state index < -0.39 is 24.7 Å². The number of nitrogens with two attached hydrogens (primary N) is 1. The minimum Gasteiger partial charge on any atom is -0.343 e. The van der Waals surface area contributed by atoms with Gasteiger partial charge < -0.3 is 11.1 Å². The number of carbonyl (C=O) groups excluding carboxylic acids is 1. The lowest BCUT2D eigenvalue weighted by Gasteiger charge is -2.21. The first-order chi connectivity index (χ1) is 7.93. The molecule has 0 fully saturated rings. The van der Waals surface area contributed by atoms with E-state index in [0.29, 0.717) is 5.56 Å². The molecule has 1 rings (SSSR count). The molecule has 0 aliphatic rings. The molecule has 17 heavy (non-hydrogen) atoms. The molecule has 1 unspecified atom stereocenters. The van der Waals surface area contributed by atoms with E-state index in [1.807, 2.05) is 5.32 Å². The van der Waals surface area contributed by atoms with Gasteiger partial charge in [-0.05, 0) is 5.56 Å². The van der Waals surface area contributed by atoms with Crippen molar-refractivity contribution in [3.8, 4) is 0 Å². The first-order valence-electron chi connectivity index (χ1n) is 5.03. The predicted molar refractivity (Wildman–Crippen MR) is 57.2 cm³/mol. The second kappa shape index (κ2) is 5.67. The van der Waals surface area contributed by atoms with E-state index in [1.165, 1.54) is 0 Å².